The van der Waals surface area contributed by atoms with Crippen LogP contribution < -0.4 is 0 Å². The Kier molecular flexibility index (Phi) is 7.27. The first-order valence-corrected chi connectivity index (χ1v) is 4.56. The molecule has 0 saturated heterocycles. The molecular weight excluding hydrogens is 166 g/mol. The van der Waals surface area contributed by atoms with Gasteiger partial charge < -0.3 is 9.84 Å². The zero-order valence-electron chi connectivity index (χ0n) is 8.07. The van der Waals surface area contributed by atoms with E-state index in [0.29, 0.717) is 6.61 Å². The van der Waals surface area contributed by atoms with Crippen LogP contribution in [0.15, 0.2) is 12.7 Å². The van der Waals surface area contributed by atoms with E-state index < -0.39 is 6.10 Å². The molecule has 0 aliphatic rings. The van der Waals surface area contributed by atoms with Crippen molar-refractivity contribution in [2.24, 2.45) is 0 Å². The van der Waals surface area contributed by atoms with Gasteiger partial charge in [-0.25, -0.2) is 0 Å². The molecule has 0 heterocycles. The van der Waals surface area contributed by atoms with Gasteiger partial charge in [0.05, 0.1) is 18.8 Å². The molecule has 0 saturated carbocycles. The second kappa shape index (κ2) is 7.78. The number of hydrogen-bond donors (Lipinski definition) is 1. The van der Waals surface area contributed by atoms with Gasteiger partial charge in [-0.05, 0) is 6.42 Å². The molecule has 1 N–H and O–H groups in total. The first kappa shape index (κ1) is 12.2. The van der Waals surface area contributed by atoms with E-state index >= 15 is 0 Å². The van der Waals surface area contributed by atoms with Crippen LogP contribution in [0.3, 0.4) is 0 Å². The molecule has 0 amide bonds. The maximum atomic E-state index is 9.25. The molecule has 13 heavy (non-hydrogen) atoms. The number of hydrogen-bond acceptors (Lipinski definition) is 3. The Labute approximate surface area is 79.6 Å². The summed E-state index contributed by atoms with van der Waals surface area (Å²) in [5.41, 5.74) is 0. The van der Waals surface area contributed by atoms with E-state index in [1.54, 1.807) is 12.1 Å². The van der Waals surface area contributed by atoms with Gasteiger partial charge in [-0.15, -0.1) is 6.58 Å². The Hall–Kier alpha value is -0.850. The molecule has 0 aromatic carbocycles. The van der Waals surface area contributed by atoms with E-state index in [0.717, 1.165) is 19.3 Å². The SMILES string of the molecule is C=CCOC(CCCC)[C@@H](O)C#N. The summed E-state index contributed by atoms with van der Waals surface area (Å²) in [6, 6.07) is 1.78. The van der Waals surface area contributed by atoms with Crippen molar-refractivity contribution in [1.82, 2.24) is 0 Å². The molecule has 0 radical (unpaired) electrons. The molecule has 0 aliphatic heterocycles. The molecule has 0 rings (SSSR count). The second-order valence-electron chi connectivity index (χ2n) is 2.88. The summed E-state index contributed by atoms with van der Waals surface area (Å²) in [5, 5.41) is 17.7. The van der Waals surface area contributed by atoms with Crippen molar-refractivity contribution in [3.05, 3.63) is 12.7 Å². The number of aliphatic hydroxyl groups is 1. The second-order valence-corrected chi connectivity index (χ2v) is 2.88. The lowest BCUT2D eigenvalue weighted by Crippen LogP contribution is -2.27. The Morgan fingerprint density at radius 3 is 2.85 bits per heavy atom. The van der Waals surface area contributed by atoms with Crippen LogP contribution in [0.1, 0.15) is 26.2 Å². The molecule has 0 aromatic rings. The van der Waals surface area contributed by atoms with Crippen LogP contribution in [-0.4, -0.2) is 23.9 Å². The van der Waals surface area contributed by atoms with E-state index in [4.69, 9.17) is 10.00 Å². The standard InChI is InChI=1S/C10H17NO2/c1-3-5-6-10(9(12)8-11)13-7-4-2/h4,9-10,12H,2-3,5-7H2,1H3/t9-,10?/m0/s1. The molecule has 3 heteroatoms. The molecule has 2 atom stereocenters. The van der Waals surface area contributed by atoms with Crippen molar-refractivity contribution >= 4 is 0 Å². The average molecular weight is 183 g/mol. The van der Waals surface area contributed by atoms with Gasteiger partial charge in [0, 0.05) is 0 Å². The summed E-state index contributed by atoms with van der Waals surface area (Å²) >= 11 is 0. The van der Waals surface area contributed by atoms with E-state index in [9.17, 15) is 5.11 Å². The number of nitriles is 1. The van der Waals surface area contributed by atoms with Crippen LogP contribution in [0.2, 0.25) is 0 Å². The normalized spacial score (nSPS) is 14.5. The van der Waals surface area contributed by atoms with E-state index in [2.05, 4.69) is 13.5 Å². The van der Waals surface area contributed by atoms with E-state index in [1.165, 1.54) is 0 Å². The molecule has 0 bridgehead atoms. The first-order valence-electron chi connectivity index (χ1n) is 4.56. The average Bonchev–Trinajstić information content (AvgIpc) is 2.17. The van der Waals surface area contributed by atoms with Crippen LogP contribution in [-0.2, 0) is 4.74 Å². The van der Waals surface area contributed by atoms with Gasteiger partial charge in [-0.3, -0.25) is 0 Å². The van der Waals surface area contributed by atoms with E-state index in [1.807, 2.05) is 0 Å². The van der Waals surface area contributed by atoms with Gasteiger partial charge in [-0.1, -0.05) is 25.8 Å². The first-order chi connectivity index (χ1) is 6.26. The third kappa shape index (κ3) is 5.40. The highest BCUT2D eigenvalue weighted by atomic mass is 16.5. The minimum Gasteiger partial charge on any atom is -0.375 e. The van der Waals surface area contributed by atoms with Crippen LogP contribution in [0, 0.1) is 11.3 Å². The smallest absolute Gasteiger partial charge is 0.166 e. The largest absolute Gasteiger partial charge is 0.375 e. The molecule has 0 aliphatic carbocycles. The van der Waals surface area contributed by atoms with Crippen molar-refractivity contribution in [3.63, 3.8) is 0 Å². The number of unbranched alkanes of at least 4 members (excludes halogenated alkanes) is 1. The summed E-state index contributed by atoms with van der Waals surface area (Å²) in [5.74, 6) is 0. The predicted molar refractivity (Wildman–Crippen MR) is 51.1 cm³/mol. The zero-order chi connectivity index (χ0) is 10.1. The minimum absolute atomic E-state index is 0.372. The zero-order valence-corrected chi connectivity index (χ0v) is 8.07. The highest BCUT2D eigenvalue weighted by Gasteiger charge is 2.17. The molecule has 0 aromatic heterocycles. The summed E-state index contributed by atoms with van der Waals surface area (Å²) < 4.78 is 5.26. The van der Waals surface area contributed by atoms with Crippen LogP contribution in [0.4, 0.5) is 0 Å². The Morgan fingerprint density at radius 2 is 2.38 bits per heavy atom. The minimum atomic E-state index is -1.02. The lowest BCUT2D eigenvalue weighted by molar-refractivity contribution is -0.00728. The predicted octanol–water partition coefficient (Wildman–Crippen LogP) is 1.63. The lowest BCUT2D eigenvalue weighted by atomic mass is 10.1. The van der Waals surface area contributed by atoms with Gasteiger partial charge in [0.2, 0.25) is 0 Å². The Morgan fingerprint density at radius 1 is 1.69 bits per heavy atom. The summed E-state index contributed by atoms with van der Waals surface area (Å²) in [6.45, 7) is 5.95. The summed E-state index contributed by atoms with van der Waals surface area (Å²) in [4.78, 5) is 0. The van der Waals surface area contributed by atoms with Crippen LogP contribution in [0.5, 0.6) is 0 Å². The highest BCUT2D eigenvalue weighted by Crippen LogP contribution is 2.09. The molecule has 1 unspecified atom stereocenters. The van der Waals surface area contributed by atoms with Crippen molar-refractivity contribution in [2.75, 3.05) is 6.61 Å². The molecule has 0 spiro atoms. The van der Waals surface area contributed by atoms with Gasteiger partial charge in [0.1, 0.15) is 0 Å². The quantitative estimate of drug-likeness (QED) is 0.482. The molecule has 74 valence electrons. The fourth-order valence-electron chi connectivity index (χ4n) is 1.01. The fraction of sp³-hybridized carbons (Fsp3) is 0.700. The van der Waals surface area contributed by atoms with Crippen molar-refractivity contribution in [2.45, 2.75) is 38.4 Å². The lowest BCUT2D eigenvalue weighted by Gasteiger charge is -2.17. The molecule has 0 fully saturated rings. The van der Waals surface area contributed by atoms with E-state index in [-0.39, 0.29) is 6.10 Å². The van der Waals surface area contributed by atoms with Crippen LogP contribution >= 0.6 is 0 Å². The third-order valence-corrected chi connectivity index (χ3v) is 1.75. The molecular formula is C10H17NO2. The summed E-state index contributed by atoms with van der Waals surface area (Å²) in [7, 11) is 0. The fourth-order valence-corrected chi connectivity index (χ4v) is 1.01. The number of rotatable bonds is 7. The Bertz CT molecular complexity index is 174. The number of nitrogens with zero attached hydrogens (tertiary/aromatic N) is 1. The van der Waals surface area contributed by atoms with Crippen LogP contribution in [0.25, 0.3) is 0 Å². The Balaban J connectivity index is 3.87. The maximum Gasteiger partial charge on any atom is 0.166 e. The van der Waals surface area contributed by atoms with Gasteiger partial charge in [-0.2, -0.15) is 5.26 Å². The highest BCUT2D eigenvalue weighted by molar-refractivity contribution is 4.89. The van der Waals surface area contributed by atoms with Crippen molar-refractivity contribution < 1.29 is 9.84 Å². The summed E-state index contributed by atoms with van der Waals surface area (Å²) in [6.07, 6.45) is 2.93. The number of aliphatic hydroxyl groups excluding tert-OH is 1. The third-order valence-electron chi connectivity index (χ3n) is 1.75. The van der Waals surface area contributed by atoms with Gasteiger partial charge in [0.25, 0.3) is 0 Å². The van der Waals surface area contributed by atoms with Crippen molar-refractivity contribution in [1.29, 1.82) is 5.26 Å². The van der Waals surface area contributed by atoms with Crippen molar-refractivity contribution in [3.8, 4) is 6.07 Å². The van der Waals surface area contributed by atoms with Gasteiger partial charge in [0.15, 0.2) is 6.10 Å². The van der Waals surface area contributed by atoms with Gasteiger partial charge >= 0.3 is 0 Å². The maximum absolute atomic E-state index is 9.25. The number of ether oxygens (including phenoxy) is 1. The molecule has 3 nitrogen and oxygen atoms in total. The topological polar surface area (TPSA) is 53.2 Å². The monoisotopic (exact) mass is 183 g/mol.